The van der Waals surface area contributed by atoms with Crippen molar-refractivity contribution in [2.24, 2.45) is 5.73 Å². The van der Waals surface area contributed by atoms with Gasteiger partial charge in [-0.05, 0) is 26.2 Å². The molecule has 1 heterocycles. The predicted molar refractivity (Wildman–Crippen MR) is 68.1 cm³/mol. The molecule has 0 amide bonds. The lowest BCUT2D eigenvalue weighted by molar-refractivity contribution is -0.139. The molecule has 0 saturated heterocycles. The molecule has 1 aliphatic carbocycles. The maximum atomic E-state index is 13.1. The maximum absolute atomic E-state index is 13.1. The molecule has 2 rings (SSSR count). The molecule has 1 unspecified atom stereocenters. The zero-order chi connectivity index (χ0) is 14.0. The molecule has 1 atom stereocenters. The molecule has 1 saturated carbocycles. The molecular weight excluding hydrogens is 248 g/mol. The lowest BCUT2D eigenvalue weighted by Crippen LogP contribution is -2.37. The second-order valence-corrected chi connectivity index (χ2v) is 5.09. The molecule has 0 spiro atoms. The van der Waals surface area contributed by atoms with Crippen LogP contribution in [0.25, 0.3) is 0 Å². The summed E-state index contributed by atoms with van der Waals surface area (Å²) in [5.41, 5.74) is 6.06. The number of halogens is 1. The third-order valence-corrected chi connectivity index (χ3v) is 2.98. The summed E-state index contributed by atoms with van der Waals surface area (Å²) in [6.45, 7) is 4.79. The summed E-state index contributed by atoms with van der Waals surface area (Å²) in [7, 11) is 5.14. The monoisotopic (exact) mass is 265 g/mol. The number of aryl methyl sites for hydroxylation is 1. The molecule has 0 bridgehead atoms. The normalized spacial score (nSPS) is 25.6. The van der Waals surface area contributed by atoms with Crippen molar-refractivity contribution in [1.29, 1.82) is 0 Å². The van der Waals surface area contributed by atoms with E-state index in [4.69, 9.17) is 22.7 Å². The molecule has 2 radical (unpaired) electrons. The third kappa shape index (κ3) is 4.06. The van der Waals surface area contributed by atoms with Crippen LogP contribution < -0.4 is 5.73 Å². The summed E-state index contributed by atoms with van der Waals surface area (Å²) in [5.74, 6) is -0.859. The number of hydrogen-bond donors (Lipinski definition) is 1. The van der Waals surface area contributed by atoms with Gasteiger partial charge in [0.1, 0.15) is 0 Å². The Kier molecular flexibility index (Phi) is 3.94. The molecule has 0 aromatic carbocycles. The fraction of sp³-hybridized carbons (Fsp3) is 0.667. The second-order valence-electron chi connectivity index (χ2n) is 5.09. The molecule has 0 aliphatic heterocycles. The Morgan fingerprint density at radius 3 is 2.89 bits per heavy atom. The number of ether oxygens (including phenoxy) is 1. The average molecular weight is 265 g/mol. The number of rotatable bonds is 6. The molecule has 19 heavy (non-hydrogen) atoms. The fourth-order valence-electron chi connectivity index (χ4n) is 1.99. The molecule has 1 aromatic heterocycles. The van der Waals surface area contributed by atoms with E-state index in [0.29, 0.717) is 43.2 Å². The van der Waals surface area contributed by atoms with Crippen molar-refractivity contribution >= 4 is 7.85 Å². The van der Waals surface area contributed by atoms with Gasteiger partial charge in [-0.3, -0.25) is 0 Å². The van der Waals surface area contributed by atoms with E-state index in [1.807, 2.05) is 0 Å². The Morgan fingerprint density at radius 1 is 1.63 bits per heavy atom. The molecular formula is C12H17BFN3O2. The number of nitrogens with two attached hydrogens (primary N) is 1. The van der Waals surface area contributed by atoms with Crippen molar-refractivity contribution in [3.63, 3.8) is 0 Å². The Labute approximate surface area is 112 Å². The highest BCUT2D eigenvalue weighted by Crippen LogP contribution is 2.39. The van der Waals surface area contributed by atoms with Crippen molar-refractivity contribution in [2.75, 3.05) is 0 Å². The van der Waals surface area contributed by atoms with Crippen LogP contribution in [0.5, 0.6) is 0 Å². The smallest absolute Gasteiger partial charge is 0.219 e. The van der Waals surface area contributed by atoms with E-state index in [-0.39, 0.29) is 12.0 Å². The van der Waals surface area contributed by atoms with E-state index in [2.05, 4.69) is 16.8 Å². The van der Waals surface area contributed by atoms with E-state index < -0.39 is 5.75 Å². The van der Waals surface area contributed by atoms with Crippen molar-refractivity contribution in [3.05, 3.63) is 24.1 Å². The van der Waals surface area contributed by atoms with Gasteiger partial charge >= 0.3 is 0 Å². The van der Waals surface area contributed by atoms with Crippen LogP contribution in [0.3, 0.4) is 0 Å². The average Bonchev–Trinajstić information content (AvgIpc) is 2.66. The van der Waals surface area contributed by atoms with Crippen LogP contribution in [0.1, 0.15) is 43.9 Å². The zero-order valence-electron chi connectivity index (χ0n) is 10.9. The lowest BCUT2D eigenvalue weighted by atomic mass is 9.81. The Hall–Kier alpha value is -1.37. The number of aromatic nitrogens is 2. The first-order valence-corrected chi connectivity index (χ1v) is 6.24. The van der Waals surface area contributed by atoms with Crippen LogP contribution in [0.4, 0.5) is 4.39 Å². The summed E-state index contributed by atoms with van der Waals surface area (Å²) < 4.78 is 23.6. The largest absolute Gasteiger partial charge is 0.425 e. The summed E-state index contributed by atoms with van der Waals surface area (Å²) in [4.78, 5) is 0. The van der Waals surface area contributed by atoms with Crippen molar-refractivity contribution in [3.8, 4) is 0 Å². The van der Waals surface area contributed by atoms with Gasteiger partial charge in [0.2, 0.25) is 11.8 Å². The van der Waals surface area contributed by atoms with Gasteiger partial charge in [0, 0.05) is 18.0 Å². The number of allylic oxidation sites excluding steroid dienone is 1. The van der Waals surface area contributed by atoms with Gasteiger partial charge in [-0.2, -0.15) is 0 Å². The van der Waals surface area contributed by atoms with Crippen LogP contribution in [0, 0.1) is 0 Å². The summed E-state index contributed by atoms with van der Waals surface area (Å²) in [5, 5.41) is 7.92. The van der Waals surface area contributed by atoms with E-state index in [0.717, 1.165) is 0 Å². The SMILES string of the molecule is [B]C(C)(F)OC1CC(c2nnc(CCC(=C)N)o2)C1. The molecule has 5 nitrogen and oxygen atoms in total. The molecule has 1 aromatic rings. The van der Waals surface area contributed by atoms with E-state index in [1.54, 1.807) is 0 Å². The standard InChI is InChI=1S/C12H17BFN3O2/c1-7(15)3-4-10-16-17-11(18-10)8-5-9(6-8)19-12(2,13)14/h8-9H,1,3-6,15H2,2H3. The van der Waals surface area contributed by atoms with Gasteiger partial charge in [-0.25, -0.2) is 4.39 Å². The summed E-state index contributed by atoms with van der Waals surface area (Å²) in [6, 6.07) is 0. The van der Waals surface area contributed by atoms with E-state index in [9.17, 15) is 4.39 Å². The molecule has 1 fully saturated rings. The minimum absolute atomic E-state index is 0.120. The van der Waals surface area contributed by atoms with Crippen LogP contribution in [0.2, 0.25) is 0 Å². The number of hydrogen-bond acceptors (Lipinski definition) is 5. The molecule has 2 N–H and O–H groups in total. The summed E-state index contributed by atoms with van der Waals surface area (Å²) >= 11 is 0. The van der Waals surface area contributed by atoms with E-state index in [1.165, 1.54) is 6.92 Å². The van der Waals surface area contributed by atoms with Gasteiger partial charge in [-0.15, -0.1) is 10.2 Å². The Bertz CT molecular complexity index is 452. The number of nitrogens with zero attached hydrogens (tertiary/aromatic N) is 2. The van der Waals surface area contributed by atoms with Crippen LogP contribution in [-0.4, -0.2) is 29.9 Å². The fourth-order valence-corrected chi connectivity index (χ4v) is 1.99. The highest BCUT2D eigenvalue weighted by molar-refractivity contribution is 6.12. The minimum Gasteiger partial charge on any atom is -0.425 e. The van der Waals surface area contributed by atoms with Crippen molar-refractivity contribution < 1.29 is 13.5 Å². The first kappa shape index (κ1) is 14.1. The van der Waals surface area contributed by atoms with Crippen LogP contribution in [-0.2, 0) is 11.2 Å². The topological polar surface area (TPSA) is 74.2 Å². The van der Waals surface area contributed by atoms with E-state index >= 15 is 0 Å². The zero-order valence-corrected chi connectivity index (χ0v) is 10.9. The van der Waals surface area contributed by atoms with Gasteiger partial charge in [0.15, 0.2) is 13.6 Å². The second kappa shape index (κ2) is 5.32. The quantitative estimate of drug-likeness (QED) is 0.790. The molecule has 7 heteroatoms. The third-order valence-electron chi connectivity index (χ3n) is 2.98. The van der Waals surface area contributed by atoms with Gasteiger partial charge < -0.3 is 14.9 Å². The molecule has 102 valence electrons. The Balaban J connectivity index is 1.80. The summed E-state index contributed by atoms with van der Waals surface area (Å²) in [6.07, 6.45) is 2.29. The first-order valence-electron chi connectivity index (χ1n) is 6.24. The van der Waals surface area contributed by atoms with Gasteiger partial charge in [-0.1, -0.05) is 6.58 Å². The van der Waals surface area contributed by atoms with Gasteiger partial charge in [0.25, 0.3) is 0 Å². The maximum Gasteiger partial charge on any atom is 0.219 e. The highest BCUT2D eigenvalue weighted by atomic mass is 19.2. The van der Waals surface area contributed by atoms with Crippen molar-refractivity contribution in [1.82, 2.24) is 10.2 Å². The number of alkyl halides is 1. The van der Waals surface area contributed by atoms with Gasteiger partial charge in [0.05, 0.1) is 6.10 Å². The molecule has 1 aliphatic rings. The van der Waals surface area contributed by atoms with Crippen molar-refractivity contribution in [2.45, 2.75) is 50.4 Å². The van der Waals surface area contributed by atoms with Crippen LogP contribution in [0.15, 0.2) is 16.7 Å². The predicted octanol–water partition coefficient (Wildman–Crippen LogP) is 1.55. The lowest BCUT2D eigenvalue weighted by Gasteiger charge is -2.36. The van der Waals surface area contributed by atoms with Crippen LogP contribution >= 0.6 is 0 Å². The first-order chi connectivity index (χ1) is 8.83. The Morgan fingerprint density at radius 2 is 2.32 bits per heavy atom. The minimum atomic E-state index is -2.09. The highest BCUT2D eigenvalue weighted by Gasteiger charge is 2.37.